The summed E-state index contributed by atoms with van der Waals surface area (Å²) >= 11 is 0. The summed E-state index contributed by atoms with van der Waals surface area (Å²) in [7, 11) is 1.37. The standard InChI is InChI=1S/C10H13NO3/c1-14-9(13)10-5-2-4-8(12)11(10)7-3-6-10/h2,4H,3,5-7H2,1H3/t10-/m1/s1. The first kappa shape index (κ1) is 9.24. The van der Waals surface area contributed by atoms with Gasteiger partial charge < -0.3 is 9.64 Å². The molecule has 2 rings (SSSR count). The molecule has 0 bridgehead atoms. The lowest BCUT2D eigenvalue weighted by Gasteiger charge is -2.36. The van der Waals surface area contributed by atoms with Crippen LogP contribution in [0.2, 0.25) is 0 Å². The molecule has 76 valence electrons. The van der Waals surface area contributed by atoms with E-state index in [-0.39, 0.29) is 11.9 Å². The van der Waals surface area contributed by atoms with E-state index in [1.54, 1.807) is 11.0 Å². The lowest BCUT2D eigenvalue weighted by molar-refractivity contribution is -0.158. The highest BCUT2D eigenvalue weighted by Gasteiger charge is 2.50. The minimum Gasteiger partial charge on any atom is -0.467 e. The zero-order chi connectivity index (χ0) is 10.2. The van der Waals surface area contributed by atoms with E-state index in [9.17, 15) is 9.59 Å². The van der Waals surface area contributed by atoms with Crippen molar-refractivity contribution >= 4 is 11.9 Å². The van der Waals surface area contributed by atoms with Gasteiger partial charge in [-0.15, -0.1) is 0 Å². The first-order valence-corrected chi connectivity index (χ1v) is 4.77. The van der Waals surface area contributed by atoms with Gasteiger partial charge in [0.05, 0.1) is 7.11 Å². The predicted octanol–water partition coefficient (Wildman–Crippen LogP) is 0.480. The van der Waals surface area contributed by atoms with Crippen molar-refractivity contribution < 1.29 is 14.3 Å². The van der Waals surface area contributed by atoms with E-state index in [4.69, 9.17) is 4.74 Å². The maximum atomic E-state index is 11.7. The van der Waals surface area contributed by atoms with Crippen LogP contribution in [-0.2, 0) is 14.3 Å². The molecule has 14 heavy (non-hydrogen) atoms. The molecule has 1 saturated heterocycles. The molecule has 4 heteroatoms. The van der Waals surface area contributed by atoms with Crippen molar-refractivity contribution in [2.75, 3.05) is 13.7 Å². The van der Waals surface area contributed by atoms with Crippen LogP contribution >= 0.6 is 0 Å². The van der Waals surface area contributed by atoms with Gasteiger partial charge in [0, 0.05) is 6.54 Å². The molecule has 0 aromatic heterocycles. The number of amides is 1. The number of ether oxygens (including phenoxy) is 1. The molecule has 4 nitrogen and oxygen atoms in total. The van der Waals surface area contributed by atoms with E-state index in [1.807, 2.05) is 0 Å². The van der Waals surface area contributed by atoms with Gasteiger partial charge in [-0.2, -0.15) is 0 Å². The van der Waals surface area contributed by atoms with Crippen molar-refractivity contribution in [2.24, 2.45) is 0 Å². The Labute approximate surface area is 82.5 Å². The van der Waals surface area contributed by atoms with Crippen molar-refractivity contribution in [3.8, 4) is 0 Å². The summed E-state index contributed by atoms with van der Waals surface area (Å²) in [4.78, 5) is 24.8. The van der Waals surface area contributed by atoms with E-state index < -0.39 is 5.54 Å². The van der Waals surface area contributed by atoms with Crippen LogP contribution in [0.5, 0.6) is 0 Å². The van der Waals surface area contributed by atoms with Crippen LogP contribution in [0.15, 0.2) is 12.2 Å². The maximum Gasteiger partial charge on any atom is 0.332 e. The molecule has 0 unspecified atom stereocenters. The molecule has 0 aromatic carbocycles. The molecule has 2 heterocycles. The third-order valence-corrected chi connectivity index (χ3v) is 3.04. The molecule has 1 atom stereocenters. The van der Waals surface area contributed by atoms with Gasteiger partial charge >= 0.3 is 5.97 Å². The van der Waals surface area contributed by atoms with Crippen LogP contribution in [0.25, 0.3) is 0 Å². The Balaban J connectivity index is 2.36. The molecule has 0 saturated carbocycles. The van der Waals surface area contributed by atoms with Crippen LogP contribution in [-0.4, -0.2) is 36.0 Å². The molecule has 2 aliphatic heterocycles. The number of carbonyl (C=O) groups excluding carboxylic acids is 2. The van der Waals surface area contributed by atoms with Gasteiger partial charge in [0.2, 0.25) is 5.91 Å². The molecule has 0 spiro atoms. The molecule has 2 aliphatic rings. The molecular weight excluding hydrogens is 182 g/mol. The van der Waals surface area contributed by atoms with Crippen molar-refractivity contribution in [3.05, 3.63) is 12.2 Å². The predicted molar refractivity (Wildman–Crippen MR) is 49.5 cm³/mol. The Morgan fingerprint density at radius 1 is 1.64 bits per heavy atom. The van der Waals surface area contributed by atoms with Crippen LogP contribution in [0.3, 0.4) is 0 Å². The highest BCUT2D eigenvalue weighted by Crippen LogP contribution is 2.36. The number of methoxy groups -OCH3 is 1. The number of rotatable bonds is 1. The van der Waals surface area contributed by atoms with Crippen molar-refractivity contribution in [3.63, 3.8) is 0 Å². The van der Waals surface area contributed by atoms with Crippen molar-refractivity contribution in [1.29, 1.82) is 0 Å². The minimum absolute atomic E-state index is 0.0702. The Kier molecular flexibility index (Phi) is 2.06. The summed E-state index contributed by atoms with van der Waals surface area (Å²) in [5.74, 6) is -0.355. The number of fused-ring (bicyclic) bond motifs is 1. The molecule has 0 aliphatic carbocycles. The summed E-state index contributed by atoms with van der Waals surface area (Å²) in [5, 5.41) is 0. The molecule has 0 aromatic rings. The zero-order valence-electron chi connectivity index (χ0n) is 8.16. The Morgan fingerprint density at radius 2 is 2.43 bits per heavy atom. The average molecular weight is 195 g/mol. The summed E-state index contributed by atoms with van der Waals surface area (Å²) in [5.41, 5.74) is -0.694. The molecular formula is C10H13NO3. The van der Waals surface area contributed by atoms with Crippen LogP contribution in [0.4, 0.5) is 0 Å². The van der Waals surface area contributed by atoms with Gasteiger partial charge in [-0.25, -0.2) is 4.79 Å². The van der Waals surface area contributed by atoms with Gasteiger partial charge in [-0.3, -0.25) is 4.79 Å². The van der Waals surface area contributed by atoms with Gasteiger partial charge in [-0.05, 0) is 25.3 Å². The fourth-order valence-corrected chi connectivity index (χ4v) is 2.34. The minimum atomic E-state index is -0.694. The second kappa shape index (κ2) is 3.12. The number of carbonyl (C=O) groups is 2. The largest absolute Gasteiger partial charge is 0.467 e. The van der Waals surface area contributed by atoms with E-state index in [0.29, 0.717) is 13.0 Å². The quantitative estimate of drug-likeness (QED) is 0.572. The lowest BCUT2D eigenvalue weighted by Crippen LogP contribution is -2.54. The summed E-state index contributed by atoms with van der Waals surface area (Å²) in [6.45, 7) is 0.665. The van der Waals surface area contributed by atoms with Gasteiger partial charge in [0.1, 0.15) is 5.54 Å². The number of esters is 1. The third-order valence-electron chi connectivity index (χ3n) is 3.04. The van der Waals surface area contributed by atoms with Crippen molar-refractivity contribution in [1.82, 2.24) is 4.90 Å². The van der Waals surface area contributed by atoms with Gasteiger partial charge in [0.15, 0.2) is 0 Å². The number of hydrogen-bond donors (Lipinski definition) is 0. The molecule has 0 radical (unpaired) electrons. The highest BCUT2D eigenvalue weighted by atomic mass is 16.5. The summed E-state index contributed by atoms with van der Waals surface area (Å²) in [6, 6.07) is 0. The van der Waals surface area contributed by atoms with Crippen LogP contribution < -0.4 is 0 Å². The zero-order valence-corrected chi connectivity index (χ0v) is 8.16. The molecule has 0 N–H and O–H groups in total. The maximum absolute atomic E-state index is 11.7. The SMILES string of the molecule is COC(=O)[C@]12CC=CC(=O)N1CCC2. The molecule has 1 amide bonds. The smallest absolute Gasteiger partial charge is 0.332 e. The second-order valence-corrected chi connectivity index (χ2v) is 3.72. The topological polar surface area (TPSA) is 46.6 Å². The lowest BCUT2D eigenvalue weighted by atomic mass is 9.89. The van der Waals surface area contributed by atoms with E-state index >= 15 is 0 Å². The Morgan fingerprint density at radius 3 is 3.14 bits per heavy atom. The first-order chi connectivity index (χ1) is 6.70. The highest BCUT2D eigenvalue weighted by molar-refractivity contribution is 5.96. The van der Waals surface area contributed by atoms with Gasteiger partial charge in [0.25, 0.3) is 0 Å². The Hall–Kier alpha value is -1.32. The van der Waals surface area contributed by atoms with E-state index in [2.05, 4.69) is 0 Å². The van der Waals surface area contributed by atoms with Crippen molar-refractivity contribution in [2.45, 2.75) is 24.8 Å². The monoisotopic (exact) mass is 195 g/mol. The normalized spacial score (nSPS) is 30.4. The van der Waals surface area contributed by atoms with Gasteiger partial charge in [-0.1, -0.05) is 6.08 Å². The van der Waals surface area contributed by atoms with Crippen LogP contribution in [0, 0.1) is 0 Å². The third kappa shape index (κ3) is 1.06. The summed E-state index contributed by atoms with van der Waals surface area (Å²) in [6.07, 6.45) is 5.48. The van der Waals surface area contributed by atoms with E-state index in [1.165, 1.54) is 13.2 Å². The molecule has 1 fully saturated rings. The Bertz CT molecular complexity index is 310. The fraction of sp³-hybridized carbons (Fsp3) is 0.600. The summed E-state index contributed by atoms with van der Waals surface area (Å²) < 4.78 is 4.78. The van der Waals surface area contributed by atoms with E-state index in [0.717, 1.165) is 12.8 Å². The number of hydrogen-bond acceptors (Lipinski definition) is 3. The number of nitrogens with zero attached hydrogens (tertiary/aromatic N) is 1. The second-order valence-electron chi connectivity index (χ2n) is 3.72. The fourth-order valence-electron chi connectivity index (χ4n) is 2.34. The van der Waals surface area contributed by atoms with Crippen LogP contribution in [0.1, 0.15) is 19.3 Å². The average Bonchev–Trinajstić information content (AvgIpc) is 2.63. The first-order valence-electron chi connectivity index (χ1n) is 4.77.